The lowest BCUT2D eigenvalue weighted by atomic mass is 10.2. The molecule has 0 amide bonds. The van der Waals surface area contributed by atoms with E-state index in [1.807, 2.05) is 6.07 Å². The quantitative estimate of drug-likeness (QED) is 0.740. The van der Waals surface area contributed by atoms with Crippen molar-refractivity contribution in [2.75, 3.05) is 36.0 Å². The predicted molar refractivity (Wildman–Crippen MR) is 84.0 cm³/mol. The lowest BCUT2D eigenvalue weighted by molar-refractivity contribution is 0.834. The van der Waals surface area contributed by atoms with Gasteiger partial charge in [0.15, 0.2) is 0 Å². The zero-order valence-corrected chi connectivity index (χ0v) is 13.5. The van der Waals surface area contributed by atoms with E-state index in [4.69, 9.17) is 11.6 Å². The minimum Gasteiger partial charge on any atom is -0.370 e. The van der Waals surface area contributed by atoms with Gasteiger partial charge in [-0.1, -0.05) is 17.7 Å². The van der Waals surface area contributed by atoms with Gasteiger partial charge >= 0.3 is 0 Å². The molecule has 2 nitrogen and oxygen atoms in total. The molecule has 0 saturated carbocycles. The van der Waals surface area contributed by atoms with Gasteiger partial charge in [0.1, 0.15) is 0 Å². The van der Waals surface area contributed by atoms with Crippen molar-refractivity contribution in [1.29, 1.82) is 0 Å². The monoisotopic (exact) mass is 281 g/mol. The number of rotatable bonds is 6. The summed E-state index contributed by atoms with van der Waals surface area (Å²) < 4.78 is 0. The summed E-state index contributed by atoms with van der Waals surface area (Å²) >= 11 is 6.49. The number of halogens is 1. The van der Waals surface area contributed by atoms with E-state index in [2.05, 4.69) is 53.8 Å². The Morgan fingerprint density at radius 2 is 1.44 bits per heavy atom. The van der Waals surface area contributed by atoms with Crippen molar-refractivity contribution < 1.29 is 0 Å². The Bertz CT molecular complexity index is 388. The van der Waals surface area contributed by atoms with Crippen molar-refractivity contribution in [2.24, 2.45) is 0 Å². The molecule has 0 N–H and O–H groups in total. The number of hydrogen-bond acceptors (Lipinski definition) is 2. The van der Waals surface area contributed by atoms with E-state index in [9.17, 15) is 0 Å². The summed E-state index contributed by atoms with van der Waals surface area (Å²) in [5.74, 6) is 0. The maximum Gasteiger partial charge on any atom is 0.0791 e. The molecule has 0 spiro atoms. The Hall–Kier alpha value is -0.673. The van der Waals surface area contributed by atoms with E-state index in [0.717, 1.165) is 42.1 Å². The van der Waals surface area contributed by atoms with Gasteiger partial charge < -0.3 is 9.80 Å². The summed E-state index contributed by atoms with van der Waals surface area (Å²) in [5.41, 5.74) is 2.36. The van der Waals surface area contributed by atoms with Crippen molar-refractivity contribution in [2.45, 2.75) is 27.7 Å². The van der Waals surface area contributed by atoms with Crippen LogP contribution in [0.25, 0.3) is 0 Å². The number of hydrogen-bond donors (Lipinski definition) is 0. The summed E-state index contributed by atoms with van der Waals surface area (Å²) in [6.45, 7) is 12.6. The number of benzene rings is 1. The first kappa shape index (κ1) is 15.4. The third-order valence-electron chi connectivity index (χ3n) is 3.28. The van der Waals surface area contributed by atoms with Crippen LogP contribution in [-0.4, -0.2) is 36.4 Å². The molecule has 0 aromatic heterocycles. The molecule has 0 aliphatic heterocycles. The van der Waals surface area contributed by atoms with E-state index >= 15 is 0 Å². The Morgan fingerprint density at radius 3 is 1.89 bits per heavy atom. The lowest BCUT2D eigenvalue weighted by Crippen LogP contribution is -2.30. The van der Waals surface area contributed by atoms with Crippen LogP contribution < -0.4 is 15.0 Å². The molecule has 1 aromatic carbocycles. The maximum atomic E-state index is 6.49. The Morgan fingerprint density at radius 1 is 0.944 bits per heavy atom. The van der Waals surface area contributed by atoms with Crippen LogP contribution in [0, 0.1) is 0 Å². The van der Waals surface area contributed by atoms with Crippen LogP contribution in [0.3, 0.4) is 0 Å². The van der Waals surface area contributed by atoms with Crippen LogP contribution in [0.4, 0.5) is 11.4 Å². The van der Waals surface area contributed by atoms with Gasteiger partial charge in [0, 0.05) is 26.2 Å². The highest BCUT2D eigenvalue weighted by Gasteiger charge is 2.17. The molecule has 4 heteroatoms. The summed E-state index contributed by atoms with van der Waals surface area (Å²) in [6, 6.07) is 4.18. The molecule has 1 rings (SSSR count). The van der Waals surface area contributed by atoms with Crippen LogP contribution >= 0.6 is 11.6 Å². The predicted octanol–water partition coefficient (Wildman–Crippen LogP) is 2.83. The molecular formula is C14H22ClN2Si. The Labute approximate surface area is 119 Å². The van der Waals surface area contributed by atoms with Crippen molar-refractivity contribution >= 4 is 38.4 Å². The first-order valence-corrected chi connectivity index (χ1v) is 7.52. The van der Waals surface area contributed by atoms with Gasteiger partial charge in [0.25, 0.3) is 0 Å². The SMILES string of the molecule is CCN(CC)c1ccc([Si])c(Cl)c1N(CC)CC. The zero-order valence-electron chi connectivity index (χ0n) is 11.8. The smallest absolute Gasteiger partial charge is 0.0791 e. The minimum atomic E-state index is 0.805. The molecule has 0 aliphatic carbocycles. The molecule has 3 radical (unpaired) electrons. The molecule has 0 bridgehead atoms. The summed E-state index contributed by atoms with van der Waals surface area (Å²) in [4.78, 5) is 4.64. The van der Waals surface area contributed by atoms with Crippen LogP contribution in [-0.2, 0) is 0 Å². The van der Waals surface area contributed by atoms with Gasteiger partial charge in [0.2, 0.25) is 0 Å². The van der Waals surface area contributed by atoms with Crippen molar-refractivity contribution in [1.82, 2.24) is 0 Å². The van der Waals surface area contributed by atoms with Crippen LogP contribution in [0.5, 0.6) is 0 Å². The van der Waals surface area contributed by atoms with Crippen molar-refractivity contribution in [3.63, 3.8) is 0 Å². The average molecular weight is 282 g/mol. The van der Waals surface area contributed by atoms with Crippen LogP contribution in [0.2, 0.25) is 5.02 Å². The van der Waals surface area contributed by atoms with Gasteiger partial charge in [-0.15, -0.1) is 0 Å². The van der Waals surface area contributed by atoms with E-state index < -0.39 is 0 Å². The van der Waals surface area contributed by atoms with Crippen LogP contribution in [0.1, 0.15) is 27.7 Å². The zero-order chi connectivity index (χ0) is 13.7. The number of nitrogens with zero attached hydrogens (tertiary/aromatic N) is 2. The molecule has 0 atom stereocenters. The standard InChI is InChI=1S/C14H22ClN2Si/c1-5-16(6-2)11-9-10-12(18)13(15)14(11)17(7-3)8-4/h9-10H,5-8H2,1-4H3. The molecule has 0 unspecified atom stereocenters. The third kappa shape index (κ3) is 3.01. The molecule has 0 fully saturated rings. The van der Waals surface area contributed by atoms with E-state index in [1.165, 1.54) is 5.69 Å². The highest BCUT2D eigenvalue weighted by Crippen LogP contribution is 2.34. The van der Waals surface area contributed by atoms with Gasteiger partial charge in [-0.05, 0) is 38.9 Å². The molecular weight excluding hydrogens is 260 g/mol. The topological polar surface area (TPSA) is 6.48 Å². The molecule has 99 valence electrons. The molecule has 0 aliphatic rings. The minimum absolute atomic E-state index is 0.805. The van der Waals surface area contributed by atoms with E-state index in [0.29, 0.717) is 0 Å². The second-order valence-corrected chi connectivity index (χ2v) is 5.06. The number of anilines is 2. The second-order valence-electron chi connectivity index (χ2n) is 4.14. The summed E-state index contributed by atoms with van der Waals surface area (Å²) in [6.07, 6.45) is 0. The maximum absolute atomic E-state index is 6.49. The fraction of sp³-hybridized carbons (Fsp3) is 0.571. The van der Waals surface area contributed by atoms with Gasteiger partial charge in [0.05, 0.1) is 26.6 Å². The Balaban J connectivity index is 3.37. The first-order valence-electron chi connectivity index (χ1n) is 6.64. The lowest BCUT2D eigenvalue weighted by Gasteiger charge is -2.31. The first-order chi connectivity index (χ1) is 8.60. The van der Waals surface area contributed by atoms with Gasteiger partial charge in [-0.2, -0.15) is 0 Å². The average Bonchev–Trinajstić information content (AvgIpc) is 2.39. The second kappa shape index (κ2) is 7.05. The highest BCUT2D eigenvalue weighted by molar-refractivity contribution is 6.47. The highest BCUT2D eigenvalue weighted by atomic mass is 35.5. The van der Waals surface area contributed by atoms with Crippen molar-refractivity contribution in [3.8, 4) is 0 Å². The van der Waals surface area contributed by atoms with E-state index in [-0.39, 0.29) is 0 Å². The van der Waals surface area contributed by atoms with Crippen LogP contribution in [0.15, 0.2) is 12.1 Å². The summed E-state index contributed by atoms with van der Waals surface area (Å²) in [5, 5.41) is 1.76. The normalized spacial score (nSPS) is 10.6. The summed E-state index contributed by atoms with van der Waals surface area (Å²) in [7, 11) is 3.58. The fourth-order valence-corrected chi connectivity index (χ4v) is 2.70. The van der Waals surface area contributed by atoms with Gasteiger partial charge in [-0.25, -0.2) is 0 Å². The molecule has 0 saturated heterocycles. The van der Waals surface area contributed by atoms with E-state index in [1.54, 1.807) is 0 Å². The molecule has 18 heavy (non-hydrogen) atoms. The third-order valence-corrected chi connectivity index (χ3v) is 4.24. The molecule has 0 heterocycles. The van der Waals surface area contributed by atoms with Gasteiger partial charge in [-0.3, -0.25) is 0 Å². The fourth-order valence-electron chi connectivity index (χ4n) is 2.21. The largest absolute Gasteiger partial charge is 0.370 e. The molecule has 1 aromatic rings. The Kier molecular flexibility index (Phi) is 6.02. The van der Waals surface area contributed by atoms with Crippen molar-refractivity contribution in [3.05, 3.63) is 17.2 Å².